The van der Waals surface area contributed by atoms with Crippen LogP contribution in [0.5, 0.6) is 5.75 Å². The van der Waals surface area contributed by atoms with Gasteiger partial charge in [-0.05, 0) is 50.3 Å². The molecule has 10 heteroatoms. The zero-order valence-corrected chi connectivity index (χ0v) is 15.2. The van der Waals surface area contributed by atoms with Crippen molar-refractivity contribution in [1.82, 2.24) is 20.0 Å². The smallest absolute Gasteiger partial charge is 0.306 e. The van der Waals surface area contributed by atoms with E-state index < -0.39 is 5.97 Å². The highest BCUT2D eigenvalue weighted by Gasteiger charge is 2.28. The highest BCUT2D eigenvalue weighted by molar-refractivity contribution is 5.70. The molecule has 0 amide bonds. The predicted molar refractivity (Wildman–Crippen MR) is 95.8 cm³/mol. The van der Waals surface area contributed by atoms with Gasteiger partial charge in [-0.15, -0.1) is 5.10 Å². The normalized spacial score (nSPS) is 19.3. The van der Waals surface area contributed by atoms with Gasteiger partial charge in [-0.3, -0.25) is 9.48 Å². The van der Waals surface area contributed by atoms with Crippen LogP contribution in [-0.2, 0) is 18.4 Å². The zero-order valence-electron chi connectivity index (χ0n) is 15.2. The molecule has 142 valence electrons. The summed E-state index contributed by atoms with van der Waals surface area (Å²) in [7, 11) is 1.73. The molecular formula is C17H21N7O3. The van der Waals surface area contributed by atoms with Gasteiger partial charge in [0.2, 0.25) is 0 Å². The van der Waals surface area contributed by atoms with Crippen molar-refractivity contribution in [3.8, 4) is 17.1 Å². The van der Waals surface area contributed by atoms with Crippen LogP contribution in [-0.4, -0.2) is 37.2 Å². The fraction of sp³-hybridized carbons (Fsp3) is 0.529. The van der Waals surface area contributed by atoms with Crippen molar-refractivity contribution < 1.29 is 14.6 Å². The minimum atomic E-state index is -0.760. The van der Waals surface area contributed by atoms with Gasteiger partial charge in [0.05, 0.1) is 35.6 Å². The number of rotatable bonds is 6. The first-order valence-corrected chi connectivity index (χ1v) is 8.76. The molecule has 1 aliphatic carbocycles. The molecule has 2 heterocycles. The van der Waals surface area contributed by atoms with Crippen molar-refractivity contribution in [3.63, 3.8) is 0 Å². The average molecular weight is 371 g/mol. The molecule has 0 saturated heterocycles. The number of carbonyl (C=O) groups is 1. The molecule has 1 N–H and O–H groups in total. The van der Waals surface area contributed by atoms with E-state index in [0.29, 0.717) is 41.4 Å². The summed E-state index contributed by atoms with van der Waals surface area (Å²) in [5.41, 5.74) is 11.1. The van der Waals surface area contributed by atoms with Crippen LogP contribution in [0.4, 0.5) is 0 Å². The van der Waals surface area contributed by atoms with Gasteiger partial charge < -0.3 is 9.84 Å². The quantitative estimate of drug-likeness (QED) is 0.470. The van der Waals surface area contributed by atoms with E-state index in [1.165, 1.54) is 0 Å². The van der Waals surface area contributed by atoms with Gasteiger partial charge in [-0.25, -0.2) is 4.98 Å². The highest BCUT2D eigenvalue weighted by atomic mass is 16.5. The lowest BCUT2D eigenvalue weighted by Crippen LogP contribution is -2.29. The fourth-order valence-electron chi connectivity index (χ4n) is 3.31. The molecule has 1 saturated carbocycles. The first-order chi connectivity index (χ1) is 13.0. The number of pyridine rings is 1. The predicted octanol–water partition coefficient (Wildman–Crippen LogP) is 3.02. The SMILES string of the molecule is Cc1nc(-c2nnn(C)c2CN=[N+]=[N-])ccc1O[C@H]1CCC[C@H](C(=O)O)C1. The molecule has 0 aliphatic heterocycles. The summed E-state index contributed by atoms with van der Waals surface area (Å²) in [6.45, 7) is 1.97. The fourth-order valence-corrected chi connectivity index (χ4v) is 3.31. The Hall–Kier alpha value is -3.13. The third-order valence-electron chi connectivity index (χ3n) is 4.78. The zero-order chi connectivity index (χ0) is 19.4. The van der Waals surface area contributed by atoms with Crippen molar-refractivity contribution in [2.75, 3.05) is 0 Å². The molecule has 27 heavy (non-hydrogen) atoms. The second kappa shape index (κ2) is 8.05. The number of aliphatic carboxylic acids is 1. The second-order valence-electron chi connectivity index (χ2n) is 6.62. The maximum absolute atomic E-state index is 11.2. The van der Waals surface area contributed by atoms with Gasteiger partial charge in [0, 0.05) is 12.0 Å². The Balaban J connectivity index is 1.78. The monoisotopic (exact) mass is 371 g/mol. The largest absolute Gasteiger partial charge is 0.489 e. The Bertz CT molecular complexity index is 889. The number of aromatic nitrogens is 4. The molecule has 0 unspecified atom stereocenters. The number of carboxylic acids is 1. The summed E-state index contributed by atoms with van der Waals surface area (Å²) >= 11 is 0. The summed E-state index contributed by atoms with van der Waals surface area (Å²) in [5.74, 6) is -0.474. The molecule has 0 spiro atoms. The van der Waals surface area contributed by atoms with E-state index in [2.05, 4.69) is 25.3 Å². The first kappa shape index (κ1) is 18.7. The maximum Gasteiger partial charge on any atom is 0.306 e. The molecule has 2 aromatic rings. The van der Waals surface area contributed by atoms with Crippen LogP contribution < -0.4 is 4.74 Å². The molecule has 2 aromatic heterocycles. The van der Waals surface area contributed by atoms with Gasteiger partial charge in [-0.1, -0.05) is 10.3 Å². The van der Waals surface area contributed by atoms with Gasteiger partial charge >= 0.3 is 5.97 Å². The molecule has 2 atom stereocenters. The van der Waals surface area contributed by atoms with Crippen molar-refractivity contribution in [3.05, 3.63) is 34.0 Å². The van der Waals surface area contributed by atoms with Crippen LogP contribution in [0.25, 0.3) is 21.8 Å². The number of azide groups is 1. The number of aryl methyl sites for hydroxylation is 2. The summed E-state index contributed by atoms with van der Waals surface area (Å²) in [6.07, 6.45) is 2.77. The standard InChI is InChI=1S/C17H21N7O3/c1-10-15(27-12-5-3-4-11(8-12)17(25)26)7-6-13(20-10)16-14(9-19-22-18)24(2)23-21-16/h6-7,11-12H,3-5,8-9H2,1-2H3,(H,25,26)/t11-,12-/m0/s1. The minimum absolute atomic E-state index is 0.122. The van der Waals surface area contributed by atoms with Crippen molar-refractivity contribution >= 4 is 5.97 Å². The molecular weight excluding hydrogens is 350 g/mol. The third kappa shape index (κ3) is 4.17. The van der Waals surface area contributed by atoms with Crippen LogP contribution in [0.2, 0.25) is 0 Å². The molecule has 0 aromatic carbocycles. The van der Waals surface area contributed by atoms with Crippen LogP contribution in [0, 0.1) is 12.8 Å². The van der Waals surface area contributed by atoms with Gasteiger partial charge in [0.25, 0.3) is 0 Å². The van der Waals surface area contributed by atoms with E-state index in [9.17, 15) is 9.90 Å². The molecule has 1 aliphatic rings. The first-order valence-electron chi connectivity index (χ1n) is 8.76. The van der Waals surface area contributed by atoms with Crippen LogP contribution in [0.1, 0.15) is 37.1 Å². The highest BCUT2D eigenvalue weighted by Crippen LogP contribution is 2.30. The third-order valence-corrected chi connectivity index (χ3v) is 4.78. The lowest BCUT2D eigenvalue weighted by atomic mass is 9.87. The second-order valence-corrected chi connectivity index (χ2v) is 6.62. The topological polar surface area (TPSA) is 139 Å². The van der Waals surface area contributed by atoms with Gasteiger partial charge in [0.15, 0.2) is 0 Å². The molecule has 10 nitrogen and oxygen atoms in total. The lowest BCUT2D eigenvalue weighted by Gasteiger charge is -2.27. The Labute approximate surface area is 155 Å². The number of nitrogens with zero attached hydrogens (tertiary/aromatic N) is 7. The van der Waals surface area contributed by atoms with E-state index in [4.69, 9.17) is 10.3 Å². The average Bonchev–Trinajstić information content (AvgIpc) is 3.02. The van der Waals surface area contributed by atoms with Crippen molar-refractivity contribution in [2.24, 2.45) is 18.1 Å². The number of carboxylic acid groups (broad SMARTS) is 1. The number of hydrogen-bond donors (Lipinski definition) is 1. The number of ether oxygens (including phenoxy) is 1. The summed E-state index contributed by atoms with van der Waals surface area (Å²) < 4.78 is 7.58. The van der Waals surface area contributed by atoms with Crippen LogP contribution in [0.3, 0.4) is 0 Å². The Morgan fingerprint density at radius 2 is 2.30 bits per heavy atom. The molecule has 1 fully saturated rings. The molecule has 3 rings (SSSR count). The summed E-state index contributed by atoms with van der Waals surface area (Å²) in [6, 6.07) is 3.59. The molecule has 0 bridgehead atoms. The van der Waals surface area contributed by atoms with E-state index in [1.54, 1.807) is 17.8 Å². The molecule has 0 radical (unpaired) electrons. The summed E-state index contributed by atoms with van der Waals surface area (Å²) in [4.78, 5) is 18.5. The Morgan fingerprint density at radius 3 is 3.00 bits per heavy atom. The minimum Gasteiger partial charge on any atom is -0.489 e. The Kier molecular flexibility index (Phi) is 5.56. The number of hydrogen-bond acceptors (Lipinski definition) is 6. The van der Waals surface area contributed by atoms with Crippen molar-refractivity contribution in [2.45, 2.75) is 45.3 Å². The van der Waals surface area contributed by atoms with E-state index in [-0.39, 0.29) is 18.6 Å². The van der Waals surface area contributed by atoms with Crippen molar-refractivity contribution in [1.29, 1.82) is 0 Å². The maximum atomic E-state index is 11.2. The van der Waals surface area contributed by atoms with E-state index in [1.807, 2.05) is 13.0 Å². The Morgan fingerprint density at radius 1 is 1.48 bits per heavy atom. The summed E-state index contributed by atoms with van der Waals surface area (Å²) in [5, 5.41) is 20.9. The van der Waals surface area contributed by atoms with Gasteiger partial charge in [-0.2, -0.15) is 0 Å². The van der Waals surface area contributed by atoms with Crippen LogP contribution in [0.15, 0.2) is 17.2 Å². The van der Waals surface area contributed by atoms with E-state index in [0.717, 1.165) is 12.8 Å². The lowest BCUT2D eigenvalue weighted by molar-refractivity contribution is -0.143. The van der Waals surface area contributed by atoms with Crippen LogP contribution >= 0.6 is 0 Å². The van der Waals surface area contributed by atoms with Gasteiger partial charge in [0.1, 0.15) is 11.4 Å². The van der Waals surface area contributed by atoms with E-state index >= 15 is 0 Å².